The number of rotatable bonds is 5. The molecule has 0 bridgehead atoms. The van der Waals surface area contributed by atoms with Gasteiger partial charge in [0.25, 0.3) is 0 Å². The van der Waals surface area contributed by atoms with Gasteiger partial charge in [-0.05, 0) is 59.2 Å². The maximum atomic E-state index is 12.6. The van der Waals surface area contributed by atoms with Crippen molar-refractivity contribution in [2.75, 3.05) is 31.5 Å². The number of hydrogen-bond donors (Lipinski definition) is 1. The number of hydrogen-bond acceptors (Lipinski definition) is 6. The Morgan fingerprint density at radius 3 is 2.57 bits per heavy atom. The van der Waals surface area contributed by atoms with Gasteiger partial charge in [0.2, 0.25) is 0 Å². The first-order valence-electron chi connectivity index (χ1n) is 10.3. The van der Waals surface area contributed by atoms with Crippen LogP contribution in [0.15, 0.2) is 48.8 Å². The molecule has 3 heterocycles. The second-order valence-corrected chi connectivity index (χ2v) is 7.81. The summed E-state index contributed by atoms with van der Waals surface area (Å²) < 4.78 is 1.89. The lowest BCUT2D eigenvalue weighted by Crippen LogP contribution is -2.49. The van der Waals surface area contributed by atoms with E-state index in [0.29, 0.717) is 19.1 Å². The van der Waals surface area contributed by atoms with E-state index in [-0.39, 0.29) is 6.03 Å². The Morgan fingerprint density at radius 1 is 1.07 bits per heavy atom. The van der Waals surface area contributed by atoms with Gasteiger partial charge >= 0.3 is 6.03 Å². The molecular weight excluding hydrogens is 380 g/mol. The predicted molar refractivity (Wildman–Crippen MR) is 112 cm³/mol. The lowest BCUT2D eigenvalue weighted by Gasteiger charge is -2.34. The molecule has 9 heteroatoms. The molecule has 1 aliphatic carbocycles. The van der Waals surface area contributed by atoms with E-state index in [2.05, 4.69) is 36.8 Å². The fourth-order valence-corrected chi connectivity index (χ4v) is 3.71. The molecule has 5 rings (SSSR count). The first kappa shape index (κ1) is 18.7. The Bertz CT molecular complexity index is 991. The highest BCUT2D eigenvalue weighted by Gasteiger charge is 2.28. The van der Waals surface area contributed by atoms with Crippen molar-refractivity contribution in [3.8, 4) is 11.4 Å². The highest BCUT2D eigenvalue weighted by atomic mass is 16.2. The Balaban J connectivity index is 1.15. The number of carbonyl (C=O) groups is 1. The van der Waals surface area contributed by atoms with Crippen molar-refractivity contribution in [1.29, 1.82) is 0 Å². The average Bonchev–Trinajstić information content (AvgIpc) is 3.52. The molecule has 2 amide bonds. The van der Waals surface area contributed by atoms with E-state index in [1.54, 1.807) is 6.20 Å². The Hall–Kier alpha value is -3.33. The summed E-state index contributed by atoms with van der Waals surface area (Å²) in [5.41, 5.74) is 2.92. The zero-order valence-electron chi connectivity index (χ0n) is 16.7. The molecule has 2 fully saturated rings. The van der Waals surface area contributed by atoms with Crippen LogP contribution in [0.5, 0.6) is 0 Å². The average molecular weight is 404 g/mol. The van der Waals surface area contributed by atoms with E-state index in [9.17, 15) is 4.79 Å². The molecule has 2 aromatic heterocycles. The minimum atomic E-state index is -0.0633. The van der Waals surface area contributed by atoms with E-state index in [4.69, 9.17) is 0 Å². The first-order chi connectivity index (χ1) is 14.8. The molecule has 3 aromatic rings. The maximum absolute atomic E-state index is 12.6. The van der Waals surface area contributed by atoms with Crippen molar-refractivity contribution in [3.63, 3.8) is 0 Å². The zero-order chi connectivity index (χ0) is 20.3. The van der Waals surface area contributed by atoms with Crippen LogP contribution in [-0.4, -0.2) is 67.2 Å². The molecular formula is C21H24N8O. The molecule has 154 valence electrons. The SMILES string of the molecule is O=C(Nc1ccc(-c2nnnn2C2CC2)cc1)N1CCN(Cc2cccnc2)CC1. The standard InChI is InChI=1S/C21H24N8O/c30-21(28-12-10-27(11-13-28)15-16-2-1-9-22-14-16)23-18-5-3-17(4-6-18)20-24-25-26-29(20)19-7-8-19/h1-6,9,14,19H,7-8,10-13,15H2,(H,23,30). The van der Waals surface area contributed by atoms with Gasteiger partial charge < -0.3 is 10.2 Å². The van der Waals surface area contributed by atoms with Crippen LogP contribution in [0, 0.1) is 0 Å². The summed E-state index contributed by atoms with van der Waals surface area (Å²) in [6.07, 6.45) is 5.93. The molecule has 1 saturated carbocycles. The number of nitrogens with zero attached hydrogens (tertiary/aromatic N) is 7. The quantitative estimate of drug-likeness (QED) is 0.702. The number of urea groups is 1. The summed E-state index contributed by atoms with van der Waals surface area (Å²) in [6, 6.07) is 12.1. The number of benzene rings is 1. The van der Waals surface area contributed by atoms with Crippen molar-refractivity contribution in [2.24, 2.45) is 0 Å². The summed E-state index contributed by atoms with van der Waals surface area (Å²) in [4.78, 5) is 21.0. The van der Waals surface area contributed by atoms with Crippen LogP contribution in [0.4, 0.5) is 10.5 Å². The zero-order valence-corrected chi connectivity index (χ0v) is 16.7. The van der Waals surface area contributed by atoms with E-state index >= 15 is 0 Å². The number of tetrazole rings is 1. The van der Waals surface area contributed by atoms with Gasteiger partial charge in [0.15, 0.2) is 5.82 Å². The highest BCUT2D eigenvalue weighted by molar-refractivity contribution is 5.89. The van der Waals surface area contributed by atoms with Gasteiger partial charge in [-0.2, -0.15) is 0 Å². The van der Waals surface area contributed by atoms with Crippen molar-refractivity contribution < 1.29 is 4.79 Å². The number of carbonyl (C=O) groups excluding carboxylic acids is 1. The van der Waals surface area contributed by atoms with E-state index in [0.717, 1.165) is 49.6 Å². The molecule has 1 aliphatic heterocycles. The number of amides is 2. The summed E-state index contributed by atoms with van der Waals surface area (Å²) in [6.45, 7) is 3.99. The smallest absolute Gasteiger partial charge is 0.321 e. The largest absolute Gasteiger partial charge is 0.322 e. The van der Waals surface area contributed by atoms with Crippen molar-refractivity contribution >= 4 is 11.7 Å². The topological polar surface area (TPSA) is 92.1 Å². The lowest BCUT2D eigenvalue weighted by molar-refractivity contribution is 0.143. The van der Waals surface area contributed by atoms with Gasteiger partial charge in [-0.25, -0.2) is 9.48 Å². The summed E-state index contributed by atoms with van der Waals surface area (Å²) in [5.74, 6) is 0.778. The van der Waals surface area contributed by atoms with Gasteiger partial charge in [0, 0.05) is 56.4 Å². The lowest BCUT2D eigenvalue weighted by atomic mass is 10.2. The van der Waals surface area contributed by atoms with E-state index < -0.39 is 0 Å². The Labute approximate surface area is 174 Å². The van der Waals surface area contributed by atoms with Gasteiger partial charge in [0.1, 0.15) is 0 Å². The second kappa shape index (κ2) is 8.19. The monoisotopic (exact) mass is 404 g/mol. The van der Waals surface area contributed by atoms with Gasteiger partial charge in [-0.1, -0.05) is 6.07 Å². The van der Waals surface area contributed by atoms with Crippen LogP contribution < -0.4 is 5.32 Å². The minimum absolute atomic E-state index is 0.0633. The predicted octanol–water partition coefficient (Wildman–Crippen LogP) is 2.42. The van der Waals surface area contributed by atoms with Gasteiger partial charge in [-0.15, -0.1) is 5.10 Å². The molecule has 1 aromatic carbocycles. The third-order valence-corrected chi connectivity index (χ3v) is 5.57. The third-order valence-electron chi connectivity index (χ3n) is 5.57. The Morgan fingerprint density at radius 2 is 1.87 bits per heavy atom. The molecule has 2 aliphatic rings. The minimum Gasteiger partial charge on any atom is -0.322 e. The molecule has 0 spiro atoms. The number of pyridine rings is 1. The van der Waals surface area contributed by atoms with E-state index in [1.807, 2.05) is 46.1 Å². The highest BCUT2D eigenvalue weighted by Crippen LogP contribution is 2.36. The molecule has 0 atom stereocenters. The fourth-order valence-electron chi connectivity index (χ4n) is 3.71. The van der Waals surface area contributed by atoms with Crippen LogP contribution in [0.2, 0.25) is 0 Å². The molecule has 9 nitrogen and oxygen atoms in total. The number of nitrogens with one attached hydrogen (secondary N) is 1. The molecule has 0 unspecified atom stereocenters. The van der Waals surface area contributed by atoms with Gasteiger partial charge in [-0.3, -0.25) is 9.88 Å². The number of piperazine rings is 1. The normalized spacial score (nSPS) is 17.1. The van der Waals surface area contributed by atoms with Crippen LogP contribution in [-0.2, 0) is 6.54 Å². The second-order valence-electron chi connectivity index (χ2n) is 7.81. The number of aromatic nitrogens is 5. The summed E-state index contributed by atoms with van der Waals surface area (Å²) in [5, 5.41) is 15.0. The van der Waals surface area contributed by atoms with Gasteiger partial charge in [0.05, 0.1) is 6.04 Å². The summed E-state index contributed by atoms with van der Waals surface area (Å²) >= 11 is 0. The number of anilines is 1. The summed E-state index contributed by atoms with van der Waals surface area (Å²) in [7, 11) is 0. The maximum Gasteiger partial charge on any atom is 0.321 e. The fraction of sp³-hybridized carbons (Fsp3) is 0.381. The van der Waals surface area contributed by atoms with Crippen molar-refractivity contribution in [1.82, 2.24) is 35.0 Å². The molecule has 1 N–H and O–H groups in total. The Kier molecular flexibility index (Phi) is 5.10. The third kappa shape index (κ3) is 4.16. The first-order valence-corrected chi connectivity index (χ1v) is 10.3. The molecule has 30 heavy (non-hydrogen) atoms. The van der Waals surface area contributed by atoms with Crippen LogP contribution in [0.1, 0.15) is 24.4 Å². The molecule has 1 saturated heterocycles. The van der Waals surface area contributed by atoms with Crippen LogP contribution in [0.25, 0.3) is 11.4 Å². The van der Waals surface area contributed by atoms with E-state index in [1.165, 1.54) is 5.56 Å². The van der Waals surface area contributed by atoms with Crippen molar-refractivity contribution in [2.45, 2.75) is 25.4 Å². The van der Waals surface area contributed by atoms with Crippen LogP contribution >= 0.6 is 0 Å². The van der Waals surface area contributed by atoms with Crippen LogP contribution in [0.3, 0.4) is 0 Å². The van der Waals surface area contributed by atoms with Crippen molar-refractivity contribution in [3.05, 3.63) is 54.4 Å². The molecule has 0 radical (unpaired) electrons.